The van der Waals surface area contributed by atoms with Crippen molar-refractivity contribution in [2.75, 3.05) is 20.1 Å². The summed E-state index contributed by atoms with van der Waals surface area (Å²) in [6, 6.07) is 0. The molecule has 1 unspecified atom stereocenters. The maximum Gasteiger partial charge on any atom is 0.622 e. The van der Waals surface area contributed by atoms with Gasteiger partial charge in [0, 0.05) is 0 Å². The van der Waals surface area contributed by atoms with Crippen molar-refractivity contribution >= 4 is 29.1 Å². The van der Waals surface area contributed by atoms with E-state index in [-0.39, 0.29) is 13.1 Å². The molecule has 1 aliphatic heterocycles. The van der Waals surface area contributed by atoms with Gasteiger partial charge >= 0.3 is 34.6 Å². The molecule has 0 spiro atoms. The van der Waals surface area contributed by atoms with Gasteiger partial charge < -0.3 is 9.31 Å². The van der Waals surface area contributed by atoms with Gasteiger partial charge in [-0.05, 0) is 13.5 Å². The van der Waals surface area contributed by atoms with Crippen molar-refractivity contribution < 1.29 is 40.5 Å². The van der Waals surface area contributed by atoms with Crippen LogP contribution in [0.4, 0.5) is 13.2 Å². The second kappa shape index (κ2) is 9.37. The number of likely N-dealkylation sites (N-methyl/N-ethyl adjacent to an activating group) is 1. The van der Waals surface area contributed by atoms with Crippen LogP contribution < -0.4 is 4.72 Å². The summed E-state index contributed by atoms with van der Waals surface area (Å²) in [4.78, 5) is 24.7. The van der Waals surface area contributed by atoms with Gasteiger partial charge in [-0.25, -0.2) is 8.42 Å². The van der Waals surface area contributed by atoms with Crippen molar-refractivity contribution in [3.63, 3.8) is 0 Å². The molecular weight excluding hydrogens is 380 g/mol. The fourth-order valence-corrected chi connectivity index (χ4v) is 2.68. The monoisotopic (exact) mass is 400 g/mol. The lowest BCUT2D eigenvalue weighted by atomic mass is 9.78. The van der Waals surface area contributed by atoms with Crippen LogP contribution in [-0.2, 0) is 28.9 Å². The number of allylic oxidation sites excluding steroid dienone is 1. The number of rotatable bonds is 7. The predicted octanol–water partition coefficient (Wildman–Crippen LogP) is 0.600. The Kier molecular flexibility index (Phi) is 8.09. The highest BCUT2D eigenvalue weighted by atomic mass is 32.2. The Balaban J connectivity index is 3.06. The van der Waals surface area contributed by atoms with Crippen molar-refractivity contribution in [2.45, 2.75) is 37.6 Å². The number of unbranched alkanes of at least 4 members (excludes halogenated alkanes) is 2. The molecule has 0 bridgehead atoms. The SMILES string of the molecule is CCCC/C=C/C(NS(=O)(=O)C(F)(F)F)B1OC(=O)CN(C)CC(=O)O1. The number of halogens is 3. The van der Waals surface area contributed by atoms with Crippen LogP contribution in [-0.4, -0.2) is 64.0 Å². The third-order valence-corrected chi connectivity index (χ3v) is 4.44. The van der Waals surface area contributed by atoms with Gasteiger partial charge in [-0.3, -0.25) is 14.5 Å². The third-order valence-electron chi connectivity index (χ3n) is 3.25. The first-order chi connectivity index (χ1) is 12.0. The standard InChI is InChI=1S/C13H20BF3N2O6S/c1-3-4-5-6-7-10(18-26(22,23)13(15,16)17)14-24-11(20)8-19(2)9-12(21)25-14/h6-7,10,18H,3-5,8-9H2,1-2H3/b7-6+. The second-order valence-electron chi connectivity index (χ2n) is 5.68. The summed E-state index contributed by atoms with van der Waals surface area (Å²) in [7, 11) is -6.16. The molecule has 0 aromatic heterocycles. The molecule has 1 saturated heterocycles. The van der Waals surface area contributed by atoms with E-state index in [4.69, 9.17) is 9.31 Å². The molecule has 1 N–H and O–H groups in total. The largest absolute Gasteiger partial charge is 0.622 e. The molecule has 0 aromatic rings. The molecule has 148 valence electrons. The molecule has 0 radical (unpaired) electrons. The van der Waals surface area contributed by atoms with Gasteiger partial charge in [-0.1, -0.05) is 31.9 Å². The average Bonchev–Trinajstić information content (AvgIpc) is 2.46. The first kappa shape index (κ1) is 22.4. The molecule has 8 nitrogen and oxygen atoms in total. The number of nitrogens with zero attached hydrogens (tertiary/aromatic N) is 1. The molecule has 1 aliphatic rings. The number of hydrogen-bond donors (Lipinski definition) is 1. The maximum absolute atomic E-state index is 12.7. The van der Waals surface area contributed by atoms with Crippen LogP contribution >= 0.6 is 0 Å². The Hall–Kier alpha value is -1.60. The van der Waals surface area contributed by atoms with Crippen molar-refractivity contribution in [3.8, 4) is 0 Å². The normalized spacial score (nSPS) is 19.0. The molecule has 0 saturated carbocycles. The van der Waals surface area contributed by atoms with Gasteiger partial charge in [-0.15, -0.1) is 0 Å². The van der Waals surface area contributed by atoms with Crippen LogP contribution in [0.5, 0.6) is 0 Å². The Morgan fingerprint density at radius 2 is 1.81 bits per heavy atom. The van der Waals surface area contributed by atoms with E-state index in [1.54, 1.807) is 0 Å². The maximum atomic E-state index is 12.7. The number of carbonyl (C=O) groups excluding carboxylic acids is 2. The number of alkyl halides is 3. The Bertz CT molecular complexity index is 620. The van der Waals surface area contributed by atoms with Crippen LogP contribution in [0.2, 0.25) is 0 Å². The highest BCUT2D eigenvalue weighted by molar-refractivity contribution is 7.90. The van der Waals surface area contributed by atoms with E-state index in [9.17, 15) is 31.2 Å². The Labute approximate surface area is 149 Å². The summed E-state index contributed by atoms with van der Waals surface area (Å²) in [6.07, 6.45) is 4.49. The predicted molar refractivity (Wildman–Crippen MR) is 86.0 cm³/mol. The number of nitrogens with one attached hydrogen (secondary N) is 1. The Morgan fingerprint density at radius 1 is 1.27 bits per heavy atom. The minimum absolute atomic E-state index is 0.302. The topological polar surface area (TPSA) is 102 Å². The molecule has 1 atom stereocenters. The number of carbonyl (C=O) groups is 2. The zero-order valence-corrected chi connectivity index (χ0v) is 15.1. The average molecular weight is 400 g/mol. The second-order valence-corrected chi connectivity index (χ2v) is 7.39. The first-order valence-corrected chi connectivity index (χ1v) is 9.27. The minimum atomic E-state index is -5.75. The zero-order valence-electron chi connectivity index (χ0n) is 14.3. The van der Waals surface area contributed by atoms with Crippen LogP contribution in [0.15, 0.2) is 12.2 Å². The van der Waals surface area contributed by atoms with Crippen LogP contribution in [0, 0.1) is 0 Å². The third kappa shape index (κ3) is 6.96. The fourth-order valence-electron chi connectivity index (χ4n) is 2.00. The van der Waals surface area contributed by atoms with E-state index in [2.05, 4.69) is 0 Å². The Morgan fingerprint density at radius 3 is 2.27 bits per heavy atom. The van der Waals surface area contributed by atoms with E-state index in [1.165, 1.54) is 22.7 Å². The van der Waals surface area contributed by atoms with E-state index in [0.29, 0.717) is 12.8 Å². The lowest BCUT2D eigenvalue weighted by Gasteiger charge is -2.26. The quantitative estimate of drug-likeness (QED) is 0.379. The van der Waals surface area contributed by atoms with Crippen molar-refractivity contribution in [1.29, 1.82) is 0 Å². The van der Waals surface area contributed by atoms with E-state index in [0.717, 1.165) is 12.5 Å². The minimum Gasteiger partial charge on any atom is -0.497 e. The molecular formula is C13H20BF3N2O6S. The van der Waals surface area contributed by atoms with Crippen LogP contribution in [0.25, 0.3) is 0 Å². The molecule has 26 heavy (non-hydrogen) atoms. The highest BCUT2D eigenvalue weighted by Crippen LogP contribution is 2.23. The fraction of sp³-hybridized carbons (Fsp3) is 0.692. The van der Waals surface area contributed by atoms with Crippen molar-refractivity contribution in [3.05, 3.63) is 12.2 Å². The van der Waals surface area contributed by atoms with Crippen LogP contribution in [0.1, 0.15) is 26.2 Å². The van der Waals surface area contributed by atoms with E-state index >= 15 is 0 Å². The van der Waals surface area contributed by atoms with Gasteiger partial charge in [0.15, 0.2) is 0 Å². The zero-order chi connectivity index (χ0) is 20.0. The summed E-state index contributed by atoms with van der Waals surface area (Å²) >= 11 is 0. The summed E-state index contributed by atoms with van der Waals surface area (Å²) in [5, 5.41) is 0. The smallest absolute Gasteiger partial charge is 0.497 e. The van der Waals surface area contributed by atoms with Gasteiger partial charge in [0.2, 0.25) is 0 Å². The van der Waals surface area contributed by atoms with Gasteiger partial charge in [0.05, 0.1) is 13.1 Å². The lowest BCUT2D eigenvalue weighted by Crippen LogP contribution is -2.55. The summed E-state index contributed by atoms with van der Waals surface area (Å²) in [5.74, 6) is -3.46. The summed E-state index contributed by atoms with van der Waals surface area (Å²) in [5.41, 5.74) is -5.57. The molecule has 0 aliphatic carbocycles. The van der Waals surface area contributed by atoms with E-state index in [1.807, 2.05) is 6.92 Å². The molecule has 1 fully saturated rings. The van der Waals surface area contributed by atoms with E-state index < -0.39 is 40.5 Å². The lowest BCUT2D eigenvalue weighted by molar-refractivity contribution is -0.145. The first-order valence-electron chi connectivity index (χ1n) is 7.79. The highest BCUT2D eigenvalue weighted by Gasteiger charge is 2.50. The van der Waals surface area contributed by atoms with Crippen LogP contribution in [0.3, 0.4) is 0 Å². The van der Waals surface area contributed by atoms with Gasteiger partial charge in [0.1, 0.15) is 5.94 Å². The molecule has 1 heterocycles. The summed E-state index contributed by atoms with van der Waals surface area (Å²) in [6.45, 7) is 1.29. The van der Waals surface area contributed by atoms with Gasteiger partial charge in [-0.2, -0.15) is 17.9 Å². The molecule has 0 aromatic carbocycles. The molecule has 0 amide bonds. The summed E-state index contributed by atoms with van der Waals surface area (Å²) < 4.78 is 71.8. The van der Waals surface area contributed by atoms with Crippen molar-refractivity contribution in [2.24, 2.45) is 0 Å². The molecule has 1 rings (SSSR count). The number of sulfonamides is 1. The van der Waals surface area contributed by atoms with Crippen molar-refractivity contribution in [1.82, 2.24) is 9.62 Å². The van der Waals surface area contributed by atoms with Gasteiger partial charge in [0.25, 0.3) is 0 Å². The molecule has 13 heteroatoms. The number of hydrogen-bond acceptors (Lipinski definition) is 7.